The lowest BCUT2D eigenvalue weighted by molar-refractivity contribution is -0.125. The smallest absolute Gasteiger partial charge is 0.267 e. The van der Waals surface area contributed by atoms with Crippen molar-refractivity contribution in [2.24, 2.45) is 17.6 Å². The molecule has 3 heterocycles. The Morgan fingerprint density at radius 1 is 1.19 bits per heavy atom. The highest BCUT2D eigenvalue weighted by atomic mass is 19.2. The van der Waals surface area contributed by atoms with Crippen molar-refractivity contribution in [2.45, 2.75) is 44.7 Å². The maximum absolute atomic E-state index is 15.2. The Balaban J connectivity index is 1.43. The van der Waals surface area contributed by atoms with Crippen molar-refractivity contribution in [2.75, 3.05) is 29.9 Å². The van der Waals surface area contributed by atoms with E-state index in [2.05, 4.69) is 10.3 Å². The zero-order valence-electron chi connectivity index (χ0n) is 20.0. The average Bonchev–Trinajstić information content (AvgIpc) is 3.48. The highest BCUT2D eigenvalue weighted by Crippen LogP contribution is 2.52. The van der Waals surface area contributed by atoms with Gasteiger partial charge in [-0.15, -0.1) is 0 Å². The summed E-state index contributed by atoms with van der Waals surface area (Å²) in [4.78, 5) is 32.0. The van der Waals surface area contributed by atoms with Crippen LogP contribution in [0.1, 0.15) is 42.5 Å². The van der Waals surface area contributed by atoms with Crippen LogP contribution in [0.15, 0.2) is 30.5 Å². The number of likely N-dealkylation sites (tertiary alicyclic amines) is 1. The molecular weight excluding hydrogens is 472 g/mol. The Kier molecular flexibility index (Phi) is 6.39. The number of halogens is 2. The maximum Gasteiger partial charge on any atom is 0.267 e. The number of carbonyl (C=O) groups is 2. The molecule has 1 aromatic heterocycles. The van der Waals surface area contributed by atoms with E-state index in [9.17, 15) is 19.1 Å². The second kappa shape index (κ2) is 9.38. The zero-order chi connectivity index (χ0) is 25.7. The van der Waals surface area contributed by atoms with Gasteiger partial charge in [-0.1, -0.05) is 0 Å². The third kappa shape index (κ3) is 4.54. The van der Waals surface area contributed by atoms with E-state index >= 15 is 4.39 Å². The van der Waals surface area contributed by atoms with Crippen LogP contribution in [-0.4, -0.2) is 64.7 Å². The van der Waals surface area contributed by atoms with Crippen molar-refractivity contribution < 1.29 is 28.2 Å². The van der Waals surface area contributed by atoms with Gasteiger partial charge < -0.3 is 25.8 Å². The number of aromatic nitrogens is 1. The number of piperidine rings is 1. The van der Waals surface area contributed by atoms with Crippen molar-refractivity contribution in [3.05, 3.63) is 53.4 Å². The first kappa shape index (κ1) is 24.5. The number of rotatable bonds is 6. The van der Waals surface area contributed by atoms with E-state index in [-0.39, 0.29) is 46.9 Å². The van der Waals surface area contributed by atoms with E-state index in [1.165, 1.54) is 18.3 Å². The van der Waals surface area contributed by atoms with Gasteiger partial charge in [-0.25, -0.2) is 8.78 Å². The number of pyridine rings is 1. The van der Waals surface area contributed by atoms with E-state index < -0.39 is 29.8 Å². The van der Waals surface area contributed by atoms with E-state index in [0.717, 1.165) is 12.5 Å². The Hall–Kier alpha value is -3.15. The van der Waals surface area contributed by atoms with Crippen molar-refractivity contribution in [1.29, 1.82) is 0 Å². The van der Waals surface area contributed by atoms with Gasteiger partial charge in [0.25, 0.3) is 5.91 Å². The number of morpholine rings is 1. The number of fused-ring (bicyclic) bond motifs is 1. The van der Waals surface area contributed by atoms with Crippen molar-refractivity contribution in [1.82, 2.24) is 9.88 Å². The third-order valence-electron chi connectivity index (χ3n) is 7.16. The number of carbonyl (C=O) groups excluding carboxylic acids is 2. The summed E-state index contributed by atoms with van der Waals surface area (Å²) < 4.78 is 35.2. The number of primary amides is 1. The number of ether oxygens (including phenoxy) is 1. The van der Waals surface area contributed by atoms with Gasteiger partial charge in [0, 0.05) is 37.1 Å². The fourth-order valence-electron chi connectivity index (χ4n) is 5.58. The lowest BCUT2D eigenvalue weighted by Crippen LogP contribution is -2.48. The van der Waals surface area contributed by atoms with Crippen LogP contribution in [0.2, 0.25) is 0 Å². The number of benzene rings is 1. The van der Waals surface area contributed by atoms with Gasteiger partial charge in [-0.2, -0.15) is 0 Å². The van der Waals surface area contributed by atoms with E-state index in [0.29, 0.717) is 25.3 Å². The van der Waals surface area contributed by atoms with Crippen LogP contribution in [0, 0.1) is 23.5 Å². The molecule has 9 nitrogen and oxygen atoms in total. The monoisotopic (exact) mass is 501 g/mol. The summed E-state index contributed by atoms with van der Waals surface area (Å²) in [6.45, 7) is 4.83. The van der Waals surface area contributed by atoms with E-state index in [1.807, 2.05) is 13.8 Å². The molecule has 2 unspecified atom stereocenters. The lowest BCUT2D eigenvalue weighted by atomic mass is 10.0. The first-order chi connectivity index (χ1) is 17.1. The Morgan fingerprint density at radius 3 is 2.61 bits per heavy atom. The zero-order valence-corrected chi connectivity index (χ0v) is 20.0. The summed E-state index contributed by atoms with van der Waals surface area (Å²) in [5.41, 5.74) is 5.84. The minimum absolute atomic E-state index is 0.00975. The van der Waals surface area contributed by atoms with Crippen molar-refractivity contribution in [3.63, 3.8) is 0 Å². The molecule has 6 atom stereocenters. The van der Waals surface area contributed by atoms with Gasteiger partial charge in [0.2, 0.25) is 5.91 Å². The molecule has 0 bridgehead atoms. The second-order valence-electron chi connectivity index (χ2n) is 9.92. The topological polar surface area (TPSA) is 121 Å². The molecule has 11 heteroatoms. The molecule has 5 rings (SSSR count). The summed E-state index contributed by atoms with van der Waals surface area (Å²) in [5.74, 6) is -2.86. The van der Waals surface area contributed by atoms with Crippen molar-refractivity contribution >= 4 is 23.2 Å². The molecule has 1 saturated carbocycles. The highest BCUT2D eigenvalue weighted by molar-refractivity contribution is 5.97. The largest absolute Gasteiger partial charge is 0.374 e. The first-order valence-electron chi connectivity index (χ1n) is 12.0. The van der Waals surface area contributed by atoms with Gasteiger partial charge in [-0.05, 0) is 56.4 Å². The number of nitrogens with two attached hydrogens (primary N) is 1. The van der Waals surface area contributed by atoms with Crippen LogP contribution in [0.3, 0.4) is 0 Å². The SMILES string of the molecule is CC1CN(c2c(C(O)N3C[C@@H]4C[C@@H]4[C@H]3C(=O)Nc3ccnc(C(N)=O)c3)ccc(F)c2F)C[C@@H](C)O1. The van der Waals surface area contributed by atoms with Gasteiger partial charge >= 0.3 is 0 Å². The molecule has 2 saturated heterocycles. The normalized spacial score (nSPS) is 28.5. The minimum atomic E-state index is -1.33. The molecule has 2 aliphatic heterocycles. The lowest BCUT2D eigenvalue weighted by Gasteiger charge is -2.39. The number of aliphatic hydroxyl groups is 1. The molecule has 0 radical (unpaired) electrons. The minimum Gasteiger partial charge on any atom is -0.374 e. The Labute approximate surface area is 207 Å². The summed E-state index contributed by atoms with van der Waals surface area (Å²) in [6, 6.07) is 4.62. The Morgan fingerprint density at radius 2 is 1.92 bits per heavy atom. The molecule has 36 heavy (non-hydrogen) atoms. The van der Waals surface area contributed by atoms with Gasteiger partial charge in [0.1, 0.15) is 11.9 Å². The summed E-state index contributed by atoms with van der Waals surface area (Å²) in [5, 5.41) is 14.2. The first-order valence-corrected chi connectivity index (χ1v) is 12.0. The van der Waals surface area contributed by atoms with Crippen molar-refractivity contribution in [3.8, 4) is 0 Å². The quantitative estimate of drug-likeness (QED) is 0.554. The number of nitrogens with zero attached hydrogens (tertiary/aromatic N) is 3. The second-order valence-corrected chi connectivity index (χ2v) is 9.92. The standard InChI is InChI=1S/C25H29F2N5O4/c1-12-9-31(10-13(2)36-12)21-16(3-4-18(26)20(21)27)25(35)32-11-14-7-17(14)22(32)24(34)30-15-5-6-29-19(8-15)23(28)33/h3-6,8,12-14,17,22,25,35H,7,9-11H2,1-2H3,(H2,28,33)(H,29,30,34)/t12-,13?,14+,17+,22+,25?/m1/s1. The molecule has 2 aromatic rings. The molecule has 3 aliphatic rings. The molecular formula is C25H29F2N5O4. The molecule has 2 amide bonds. The van der Waals surface area contributed by atoms with E-state index in [4.69, 9.17) is 10.5 Å². The molecule has 192 valence electrons. The molecule has 3 fully saturated rings. The number of amides is 2. The van der Waals surface area contributed by atoms with Crippen LogP contribution in [0.4, 0.5) is 20.2 Å². The van der Waals surface area contributed by atoms with Crippen LogP contribution in [-0.2, 0) is 9.53 Å². The van der Waals surface area contributed by atoms with Crippen LogP contribution in [0.25, 0.3) is 0 Å². The number of anilines is 2. The summed E-state index contributed by atoms with van der Waals surface area (Å²) in [6.07, 6.45) is 0.475. The number of hydrogen-bond acceptors (Lipinski definition) is 7. The molecule has 4 N–H and O–H groups in total. The number of nitrogens with one attached hydrogen (secondary N) is 1. The molecule has 1 aliphatic carbocycles. The van der Waals surface area contributed by atoms with Gasteiger partial charge in [-0.3, -0.25) is 19.5 Å². The molecule has 0 spiro atoms. The Bertz CT molecular complexity index is 1190. The summed E-state index contributed by atoms with van der Waals surface area (Å²) >= 11 is 0. The predicted octanol–water partition coefficient (Wildman–Crippen LogP) is 2.02. The average molecular weight is 502 g/mol. The van der Waals surface area contributed by atoms with Gasteiger partial charge in [0.15, 0.2) is 11.6 Å². The predicted molar refractivity (Wildman–Crippen MR) is 127 cm³/mol. The fourth-order valence-corrected chi connectivity index (χ4v) is 5.58. The fraction of sp³-hybridized carbons (Fsp3) is 0.480. The van der Waals surface area contributed by atoms with E-state index in [1.54, 1.807) is 15.9 Å². The van der Waals surface area contributed by atoms with Gasteiger partial charge in [0.05, 0.1) is 23.9 Å². The van der Waals surface area contributed by atoms with Crippen LogP contribution < -0.4 is 16.0 Å². The maximum atomic E-state index is 15.2. The third-order valence-corrected chi connectivity index (χ3v) is 7.16. The van der Waals surface area contributed by atoms with Crippen LogP contribution in [0.5, 0.6) is 0 Å². The summed E-state index contributed by atoms with van der Waals surface area (Å²) in [7, 11) is 0. The molecule has 1 aromatic carbocycles. The number of hydrogen-bond donors (Lipinski definition) is 3. The number of aliphatic hydroxyl groups excluding tert-OH is 1. The highest BCUT2D eigenvalue weighted by Gasteiger charge is 2.57. The van der Waals surface area contributed by atoms with Crippen LogP contribution >= 0.6 is 0 Å².